The van der Waals surface area contributed by atoms with Gasteiger partial charge in [0, 0.05) is 17.8 Å². The number of hydrogen-bond donors (Lipinski definition) is 2. The summed E-state index contributed by atoms with van der Waals surface area (Å²) >= 11 is 5.04. The van der Waals surface area contributed by atoms with Crippen LogP contribution >= 0.6 is 12.2 Å². The number of nitrogens with two attached hydrogens (primary N) is 1. The Kier molecular flexibility index (Phi) is 2.91. The summed E-state index contributed by atoms with van der Waals surface area (Å²) in [4.78, 5) is 0.469. The first-order chi connectivity index (χ1) is 7.16. The SMILES string of the molecule is Cc1ccc(NCC2CC2)c(C(N)=S)c1. The van der Waals surface area contributed by atoms with E-state index in [-0.39, 0.29) is 0 Å². The van der Waals surface area contributed by atoms with Gasteiger partial charge in [-0.05, 0) is 37.8 Å². The molecule has 0 radical (unpaired) electrons. The first kappa shape index (κ1) is 10.4. The Hall–Kier alpha value is -1.09. The van der Waals surface area contributed by atoms with Crippen molar-refractivity contribution in [3.8, 4) is 0 Å². The predicted molar refractivity (Wildman–Crippen MR) is 68.3 cm³/mol. The molecule has 1 aliphatic rings. The monoisotopic (exact) mass is 220 g/mol. The van der Waals surface area contributed by atoms with Crippen molar-refractivity contribution in [1.29, 1.82) is 0 Å². The minimum absolute atomic E-state index is 0.469. The second-order valence-electron chi connectivity index (χ2n) is 4.24. The van der Waals surface area contributed by atoms with Gasteiger partial charge in [-0.25, -0.2) is 0 Å². The molecule has 1 aromatic rings. The average molecular weight is 220 g/mol. The Balaban J connectivity index is 2.15. The molecule has 0 amide bonds. The fourth-order valence-corrected chi connectivity index (χ4v) is 1.76. The van der Waals surface area contributed by atoms with Crippen LogP contribution < -0.4 is 11.1 Å². The third-order valence-electron chi connectivity index (χ3n) is 2.72. The van der Waals surface area contributed by atoms with Crippen LogP contribution in [-0.2, 0) is 0 Å². The summed E-state index contributed by atoms with van der Waals surface area (Å²) < 4.78 is 0. The maximum absolute atomic E-state index is 5.70. The Morgan fingerprint density at radius 3 is 2.87 bits per heavy atom. The molecule has 1 fully saturated rings. The van der Waals surface area contributed by atoms with Crippen molar-refractivity contribution >= 4 is 22.9 Å². The number of benzene rings is 1. The zero-order valence-corrected chi connectivity index (χ0v) is 9.73. The second kappa shape index (κ2) is 4.19. The predicted octanol–water partition coefficient (Wildman–Crippen LogP) is 2.45. The lowest BCUT2D eigenvalue weighted by Gasteiger charge is -2.11. The fourth-order valence-electron chi connectivity index (χ4n) is 1.59. The van der Waals surface area contributed by atoms with Crippen LogP contribution in [0.5, 0.6) is 0 Å². The number of thiocarbonyl (C=S) groups is 1. The highest BCUT2D eigenvalue weighted by molar-refractivity contribution is 7.80. The Bertz CT molecular complexity index is 383. The lowest BCUT2D eigenvalue weighted by molar-refractivity contribution is 0.889. The van der Waals surface area contributed by atoms with Crippen LogP contribution in [0, 0.1) is 12.8 Å². The lowest BCUT2D eigenvalue weighted by Crippen LogP contribution is -2.14. The number of nitrogens with one attached hydrogen (secondary N) is 1. The molecule has 1 saturated carbocycles. The fraction of sp³-hybridized carbons (Fsp3) is 0.417. The van der Waals surface area contributed by atoms with E-state index in [4.69, 9.17) is 18.0 Å². The van der Waals surface area contributed by atoms with E-state index in [1.54, 1.807) is 0 Å². The molecular weight excluding hydrogens is 204 g/mol. The maximum atomic E-state index is 5.70. The Labute approximate surface area is 95.9 Å². The summed E-state index contributed by atoms with van der Waals surface area (Å²) in [6, 6.07) is 6.18. The molecule has 2 rings (SSSR count). The van der Waals surface area contributed by atoms with Crippen molar-refractivity contribution in [2.75, 3.05) is 11.9 Å². The molecule has 0 saturated heterocycles. The number of aryl methyl sites for hydroxylation is 1. The van der Waals surface area contributed by atoms with Crippen LogP contribution in [0.1, 0.15) is 24.0 Å². The van der Waals surface area contributed by atoms with Crippen LogP contribution in [0.25, 0.3) is 0 Å². The summed E-state index contributed by atoms with van der Waals surface area (Å²) in [6.07, 6.45) is 2.70. The van der Waals surface area contributed by atoms with Crippen LogP contribution in [0.2, 0.25) is 0 Å². The summed E-state index contributed by atoms with van der Waals surface area (Å²) in [5, 5.41) is 3.42. The zero-order valence-electron chi connectivity index (χ0n) is 8.92. The molecule has 1 aromatic carbocycles. The summed E-state index contributed by atoms with van der Waals surface area (Å²) in [7, 11) is 0. The zero-order chi connectivity index (χ0) is 10.8. The smallest absolute Gasteiger partial charge is 0.106 e. The molecule has 0 bridgehead atoms. The van der Waals surface area contributed by atoms with Gasteiger partial charge in [0.25, 0.3) is 0 Å². The van der Waals surface area contributed by atoms with Gasteiger partial charge in [-0.2, -0.15) is 0 Å². The summed E-state index contributed by atoms with van der Waals surface area (Å²) in [6.45, 7) is 3.09. The van der Waals surface area contributed by atoms with E-state index >= 15 is 0 Å². The second-order valence-corrected chi connectivity index (χ2v) is 4.68. The molecule has 0 unspecified atom stereocenters. The highest BCUT2D eigenvalue weighted by Gasteiger charge is 2.21. The first-order valence-corrected chi connectivity index (χ1v) is 5.72. The quantitative estimate of drug-likeness (QED) is 0.765. The maximum Gasteiger partial charge on any atom is 0.106 e. The first-order valence-electron chi connectivity index (χ1n) is 5.31. The van der Waals surface area contributed by atoms with E-state index in [9.17, 15) is 0 Å². The number of anilines is 1. The molecule has 80 valence electrons. The molecule has 0 atom stereocenters. The van der Waals surface area contributed by atoms with Gasteiger partial charge in [-0.1, -0.05) is 23.8 Å². The minimum atomic E-state index is 0.469. The van der Waals surface area contributed by atoms with Gasteiger partial charge in [0.2, 0.25) is 0 Å². The van der Waals surface area contributed by atoms with E-state index in [0.717, 1.165) is 23.7 Å². The molecule has 0 aromatic heterocycles. The molecule has 1 aliphatic carbocycles. The van der Waals surface area contributed by atoms with Crippen molar-refractivity contribution < 1.29 is 0 Å². The highest BCUT2D eigenvalue weighted by Crippen LogP contribution is 2.29. The van der Waals surface area contributed by atoms with E-state index < -0.39 is 0 Å². The van der Waals surface area contributed by atoms with Crippen LogP contribution in [-0.4, -0.2) is 11.5 Å². The molecule has 15 heavy (non-hydrogen) atoms. The van der Waals surface area contributed by atoms with Gasteiger partial charge >= 0.3 is 0 Å². The van der Waals surface area contributed by atoms with E-state index in [1.807, 2.05) is 13.0 Å². The van der Waals surface area contributed by atoms with Crippen LogP contribution in [0.15, 0.2) is 18.2 Å². The van der Waals surface area contributed by atoms with Gasteiger partial charge in [0.05, 0.1) is 0 Å². The van der Waals surface area contributed by atoms with Crippen molar-refractivity contribution in [2.24, 2.45) is 11.7 Å². The third-order valence-corrected chi connectivity index (χ3v) is 2.94. The van der Waals surface area contributed by atoms with E-state index in [2.05, 4.69) is 17.4 Å². The van der Waals surface area contributed by atoms with Gasteiger partial charge in [0.1, 0.15) is 4.99 Å². The highest BCUT2D eigenvalue weighted by atomic mass is 32.1. The third kappa shape index (κ3) is 2.69. The van der Waals surface area contributed by atoms with Crippen molar-refractivity contribution in [2.45, 2.75) is 19.8 Å². The standard InChI is InChI=1S/C12H16N2S/c1-8-2-5-11(10(6-8)12(13)15)14-7-9-3-4-9/h2,5-6,9,14H,3-4,7H2,1H3,(H2,13,15). The number of rotatable bonds is 4. The van der Waals surface area contributed by atoms with E-state index in [1.165, 1.54) is 18.4 Å². The van der Waals surface area contributed by atoms with Crippen LogP contribution in [0.4, 0.5) is 5.69 Å². The average Bonchev–Trinajstić information content (AvgIpc) is 2.99. The molecule has 3 heteroatoms. The van der Waals surface area contributed by atoms with Gasteiger partial charge in [-0.15, -0.1) is 0 Å². The van der Waals surface area contributed by atoms with Crippen molar-refractivity contribution in [1.82, 2.24) is 0 Å². The van der Waals surface area contributed by atoms with Gasteiger partial charge in [-0.3, -0.25) is 0 Å². The molecule has 3 N–H and O–H groups in total. The topological polar surface area (TPSA) is 38.0 Å². The van der Waals surface area contributed by atoms with Gasteiger partial charge < -0.3 is 11.1 Å². The van der Waals surface area contributed by atoms with E-state index in [0.29, 0.717) is 4.99 Å². The lowest BCUT2D eigenvalue weighted by atomic mass is 10.1. The summed E-state index contributed by atoms with van der Waals surface area (Å²) in [5.74, 6) is 0.852. The summed E-state index contributed by atoms with van der Waals surface area (Å²) in [5.41, 5.74) is 8.92. The Morgan fingerprint density at radius 2 is 2.27 bits per heavy atom. The Morgan fingerprint density at radius 1 is 1.53 bits per heavy atom. The van der Waals surface area contributed by atoms with Crippen LogP contribution in [0.3, 0.4) is 0 Å². The molecule has 0 heterocycles. The largest absolute Gasteiger partial charge is 0.389 e. The molecule has 0 aliphatic heterocycles. The number of hydrogen-bond acceptors (Lipinski definition) is 2. The van der Waals surface area contributed by atoms with Crippen molar-refractivity contribution in [3.63, 3.8) is 0 Å². The van der Waals surface area contributed by atoms with Crippen molar-refractivity contribution in [3.05, 3.63) is 29.3 Å². The molecular formula is C12H16N2S. The normalized spacial score (nSPS) is 15.0. The van der Waals surface area contributed by atoms with Gasteiger partial charge in [0.15, 0.2) is 0 Å². The minimum Gasteiger partial charge on any atom is -0.389 e. The molecule has 2 nitrogen and oxygen atoms in total. The molecule has 0 spiro atoms.